The van der Waals surface area contributed by atoms with Crippen LogP contribution in [0.25, 0.3) is 55.8 Å². The van der Waals surface area contributed by atoms with Crippen LogP contribution in [0.2, 0.25) is 0 Å². The summed E-state index contributed by atoms with van der Waals surface area (Å²) in [7, 11) is 0. The molecule has 0 aliphatic rings. The molecule has 0 radical (unpaired) electrons. The van der Waals surface area contributed by atoms with Gasteiger partial charge in [-0.2, -0.15) is 5.10 Å². The molecule has 0 saturated carbocycles. The summed E-state index contributed by atoms with van der Waals surface area (Å²) in [6.07, 6.45) is 5.11. The van der Waals surface area contributed by atoms with Crippen molar-refractivity contribution in [1.29, 1.82) is 0 Å². The van der Waals surface area contributed by atoms with E-state index in [1.54, 1.807) is 18.6 Å². The molecule has 0 spiro atoms. The Bertz CT molecular complexity index is 1590. The fraction of sp³-hybridized carbons (Fsp3) is 0. The van der Waals surface area contributed by atoms with Crippen LogP contribution < -0.4 is 0 Å². The van der Waals surface area contributed by atoms with Crippen molar-refractivity contribution >= 4 is 21.8 Å². The highest BCUT2D eigenvalue weighted by Crippen LogP contribution is 2.34. The Morgan fingerprint density at radius 3 is 2.53 bits per heavy atom. The van der Waals surface area contributed by atoms with Gasteiger partial charge in [0.1, 0.15) is 17.3 Å². The molecular formula is C24H15FN6O. The summed E-state index contributed by atoms with van der Waals surface area (Å²) in [5.74, 6) is -0.676. The summed E-state index contributed by atoms with van der Waals surface area (Å²) in [4.78, 5) is 16.7. The van der Waals surface area contributed by atoms with Crippen molar-refractivity contribution in [3.8, 4) is 39.8 Å². The highest BCUT2D eigenvalue weighted by molar-refractivity contribution is 6.00. The van der Waals surface area contributed by atoms with Gasteiger partial charge in [0, 0.05) is 40.3 Å². The molecule has 0 aliphatic heterocycles. The highest BCUT2D eigenvalue weighted by Gasteiger charge is 2.16. The smallest absolute Gasteiger partial charge is 0.127 e. The van der Waals surface area contributed by atoms with Gasteiger partial charge in [0.15, 0.2) is 0 Å². The van der Waals surface area contributed by atoms with E-state index in [-0.39, 0.29) is 5.75 Å². The highest BCUT2D eigenvalue weighted by atomic mass is 19.1. The molecular weight excluding hydrogens is 407 g/mol. The average Bonchev–Trinajstić information content (AvgIpc) is 3.42. The number of phenols is 1. The Morgan fingerprint density at radius 2 is 1.69 bits per heavy atom. The number of aromatic amines is 2. The van der Waals surface area contributed by atoms with Crippen LogP contribution in [-0.4, -0.2) is 35.2 Å². The molecule has 0 unspecified atom stereocenters. The lowest BCUT2D eigenvalue weighted by molar-refractivity contribution is 0.469. The van der Waals surface area contributed by atoms with Gasteiger partial charge >= 0.3 is 0 Å². The minimum atomic E-state index is -0.526. The van der Waals surface area contributed by atoms with Gasteiger partial charge in [0.2, 0.25) is 0 Å². The summed E-state index contributed by atoms with van der Waals surface area (Å²) >= 11 is 0. The van der Waals surface area contributed by atoms with Gasteiger partial charge in [-0.05, 0) is 42.5 Å². The number of nitrogens with one attached hydrogen (secondary N) is 2. The number of hydrogen-bond acceptors (Lipinski definition) is 5. The minimum absolute atomic E-state index is 0.151. The molecule has 5 heterocycles. The molecule has 154 valence electrons. The zero-order valence-corrected chi connectivity index (χ0v) is 16.5. The number of aromatic nitrogens is 6. The van der Waals surface area contributed by atoms with Crippen molar-refractivity contribution in [3.63, 3.8) is 0 Å². The van der Waals surface area contributed by atoms with Crippen LogP contribution >= 0.6 is 0 Å². The molecule has 32 heavy (non-hydrogen) atoms. The predicted octanol–water partition coefficient (Wildman–Crippen LogP) is 5.07. The summed E-state index contributed by atoms with van der Waals surface area (Å²) < 4.78 is 13.9. The summed E-state index contributed by atoms with van der Waals surface area (Å²) in [5.41, 5.74) is 5.70. The van der Waals surface area contributed by atoms with Gasteiger partial charge in [0.05, 0.1) is 34.5 Å². The first-order valence-corrected chi connectivity index (χ1v) is 9.89. The van der Waals surface area contributed by atoms with Crippen molar-refractivity contribution in [2.75, 3.05) is 0 Å². The lowest BCUT2D eigenvalue weighted by Gasteiger charge is -2.03. The third-order valence-electron chi connectivity index (χ3n) is 5.33. The fourth-order valence-corrected chi connectivity index (χ4v) is 3.90. The molecule has 1 aromatic carbocycles. The van der Waals surface area contributed by atoms with Crippen molar-refractivity contribution in [2.24, 2.45) is 0 Å². The first-order chi connectivity index (χ1) is 15.7. The molecule has 8 heteroatoms. The van der Waals surface area contributed by atoms with Gasteiger partial charge in [-0.25, -0.2) is 4.39 Å². The number of hydrogen-bond donors (Lipinski definition) is 3. The molecule has 0 bridgehead atoms. The van der Waals surface area contributed by atoms with E-state index < -0.39 is 5.82 Å². The van der Waals surface area contributed by atoms with E-state index in [1.807, 2.05) is 36.4 Å². The Morgan fingerprint density at radius 1 is 0.781 bits per heavy atom. The summed E-state index contributed by atoms with van der Waals surface area (Å²) in [5, 5.41) is 19.0. The standard InChI is InChI=1S/C24H15FN6O/c25-14-7-13(8-15(32)9-14)23-16-11-21(29-18(16)4-6-27-23)24-17-10-20(19-3-1-2-5-26-19)28-12-22(17)30-31-24/h1-12,29,32H,(H,30,31). The van der Waals surface area contributed by atoms with Gasteiger partial charge in [-0.3, -0.25) is 20.1 Å². The van der Waals surface area contributed by atoms with Crippen LogP contribution in [0.5, 0.6) is 5.75 Å². The molecule has 0 aliphatic carbocycles. The number of H-pyrrole nitrogens is 2. The van der Waals surface area contributed by atoms with Crippen LogP contribution in [0.15, 0.2) is 73.2 Å². The quantitative estimate of drug-likeness (QED) is 0.369. The van der Waals surface area contributed by atoms with Crippen molar-refractivity contribution in [1.82, 2.24) is 30.1 Å². The van der Waals surface area contributed by atoms with E-state index in [0.717, 1.165) is 50.6 Å². The minimum Gasteiger partial charge on any atom is -0.508 e. The van der Waals surface area contributed by atoms with E-state index >= 15 is 0 Å². The van der Waals surface area contributed by atoms with Crippen LogP contribution in [0.1, 0.15) is 0 Å². The lowest BCUT2D eigenvalue weighted by atomic mass is 10.1. The number of benzene rings is 1. The summed E-state index contributed by atoms with van der Waals surface area (Å²) in [6, 6.07) is 15.3. The van der Waals surface area contributed by atoms with Crippen LogP contribution in [0.4, 0.5) is 4.39 Å². The Balaban J connectivity index is 1.52. The van der Waals surface area contributed by atoms with Crippen molar-refractivity contribution < 1.29 is 9.50 Å². The van der Waals surface area contributed by atoms with Crippen LogP contribution in [0.3, 0.4) is 0 Å². The fourth-order valence-electron chi connectivity index (χ4n) is 3.90. The third kappa shape index (κ3) is 2.97. The maximum atomic E-state index is 13.9. The Kier molecular flexibility index (Phi) is 3.97. The monoisotopic (exact) mass is 422 g/mol. The first-order valence-electron chi connectivity index (χ1n) is 9.89. The summed E-state index contributed by atoms with van der Waals surface area (Å²) in [6.45, 7) is 0. The van der Waals surface area contributed by atoms with Crippen molar-refractivity contribution in [3.05, 3.63) is 79.0 Å². The largest absolute Gasteiger partial charge is 0.508 e. The molecule has 0 amide bonds. The maximum Gasteiger partial charge on any atom is 0.127 e. The first kappa shape index (κ1) is 18.2. The van der Waals surface area contributed by atoms with E-state index in [2.05, 4.69) is 30.1 Å². The molecule has 6 rings (SSSR count). The maximum absolute atomic E-state index is 13.9. The molecule has 5 aromatic heterocycles. The molecule has 0 atom stereocenters. The second-order valence-electron chi connectivity index (χ2n) is 7.40. The second kappa shape index (κ2) is 6.98. The SMILES string of the molecule is Oc1cc(F)cc(-c2nccc3[nH]c(-c4n[nH]c5cnc(-c6ccccn6)cc45)cc23)c1. The van der Waals surface area contributed by atoms with Crippen LogP contribution in [0, 0.1) is 5.82 Å². The number of aromatic hydroxyl groups is 1. The normalized spacial score (nSPS) is 11.4. The molecule has 6 aromatic rings. The lowest BCUT2D eigenvalue weighted by Crippen LogP contribution is -1.86. The molecule has 3 N–H and O–H groups in total. The number of fused-ring (bicyclic) bond motifs is 2. The van der Waals surface area contributed by atoms with E-state index in [4.69, 9.17) is 0 Å². The number of nitrogens with zero attached hydrogens (tertiary/aromatic N) is 4. The Hall–Kier alpha value is -4.59. The van der Waals surface area contributed by atoms with Gasteiger partial charge in [-0.15, -0.1) is 0 Å². The third-order valence-corrected chi connectivity index (χ3v) is 5.33. The molecule has 7 nitrogen and oxygen atoms in total. The van der Waals surface area contributed by atoms with Gasteiger partial charge in [0.25, 0.3) is 0 Å². The zero-order chi connectivity index (χ0) is 21.7. The number of halogens is 1. The van der Waals surface area contributed by atoms with E-state index in [9.17, 15) is 9.50 Å². The average molecular weight is 422 g/mol. The number of pyridine rings is 3. The molecule has 0 saturated heterocycles. The molecule has 0 fully saturated rings. The van der Waals surface area contributed by atoms with Gasteiger partial charge in [-0.1, -0.05) is 6.07 Å². The van der Waals surface area contributed by atoms with Crippen LogP contribution in [-0.2, 0) is 0 Å². The zero-order valence-electron chi connectivity index (χ0n) is 16.5. The predicted molar refractivity (Wildman–Crippen MR) is 119 cm³/mol. The van der Waals surface area contributed by atoms with Crippen molar-refractivity contribution in [2.45, 2.75) is 0 Å². The topological polar surface area (TPSA) is 103 Å². The Labute approximate surface area is 180 Å². The number of phenolic OH excluding ortho intramolecular Hbond substituents is 1. The second-order valence-corrected chi connectivity index (χ2v) is 7.40. The number of rotatable bonds is 3. The van der Waals surface area contributed by atoms with E-state index in [1.165, 1.54) is 12.1 Å². The van der Waals surface area contributed by atoms with E-state index in [0.29, 0.717) is 11.3 Å². The van der Waals surface area contributed by atoms with Gasteiger partial charge < -0.3 is 10.1 Å².